The Kier molecular flexibility index (Phi) is 4.45. The first kappa shape index (κ1) is 14.4. The van der Waals surface area contributed by atoms with E-state index >= 15 is 0 Å². The molecular weight excluding hydrogens is 272 g/mol. The van der Waals surface area contributed by atoms with Crippen LogP contribution in [-0.4, -0.2) is 27.1 Å². The van der Waals surface area contributed by atoms with Gasteiger partial charge in [-0.15, -0.1) is 0 Å². The molecule has 0 aromatic carbocycles. The Morgan fingerprint density at radius 2 is 2.05 bits per heavy atom. The zero-order chi connectivity index (χ0) is 15.2. The molecular formula is C14H14N4O3. The van der Waals surface area contributed by atoms with Crippen LogP contribution in [0, 0.1) is 6.92 Å². The molecule has 0 bridgehead atoms. The van der Waals surface area contributed by atoms with Gasteiger partial charge in [-0.05, 0) is 30.2 Å². The van der Waals surface area contributed by atoms with Gasteiger partial charge in [-0.3, -0.25) is 9.97 Å². The Balaban J connectivity index is 1.95. The average molecular weight is 286 g/mol. The number of hydrogen-bond acceptors (Lipinski definition) is 4. The predicted molar refractivity (Wildman–Crippen MR) is 76.0 cm³/mol. The molecule has 0 spiro atoms. The number of anilines is 1. The number of pyridine rings is 2. The minimum atomic E-state index is -1.10. The fourth-order valence-electron chi connectivity index (χ4n) is 1.66. The van der Waals surface area contributed by atoms with Gasteiger partial charge >= 0.3 is 12.0 Å². The lowest BCUT2D eigenvalue weighted by Gasteiger charge is -2.09. The number of amides is 2. The Morgan fingerprint density at radius 3 is 2.76 bits per heavy atom. The fourth-order valence-corrected chi connectivity index (χ4v) is 1.66. The Bertz CT molecular complexity index is 673. The van der Waals surface area contributed by atoms with Gasteiger partial charge < -0.3 is 15.7 Å². The number of rotatable bonds is 4. The summed E-state index contributed by atoms with van der Waals surface area (Å²) >= 11 is 0. The van der Waals surface area contributed by atoms with E-state index in [0.717, 1.165) is 11.1 Å². The molecule has 108 valence electrons. The standard InChI is InChI=1S/C14H14N4O3/c1-9-2-3-15-6-11(9)7-17-14(21)18-12-4-10(13(19)20)5-16-8-12/h2-6,8H,7H2,1H3,(H,19,20)(H2,17,18,21). The van der Waals surface area contributed by atoms with E-state index in [4.69, 9.17) is 5.11 Å². The summed E-state index contributed by atoms with van der Waals surface area (Å²) in [6.07, 6.45) is 5.95. The molecule has 2 amide bonds. The first-order valence-corrected chi connectivity index (χ1v) is 6.19. The summed E-state index contributed by atoms with van der Waals surface area (Å²) in [7, 11) is 0. The van der Waals surface area contributed by atoms with Crippen molar-refractivity contribution >= 4 is 17.7 Å². The number of hydrogen-bond donors (Lipinski definition) is 3. The van der Waals surface area contributed by atoms with Gasteiger partial charge in [0.05, 0.1) is 17.4 Å². The third-order valence-corrected chi connectivity index (χ3v) is 2.83. The number of carbonyl (C=O) groups is 2. The molecule has 0 aliphatic carbocycles. The van der Waals surface area contributed by atoms with Crippen molar-refractivity contribution in [3.63, 3.8) is 0 Å². The first-order chi connectivity index (χ1) is 10.1. The number of carboxylic acid groups (broad SMARTS) is 1. The summed E-state index contributed by atoms with van der Waals surface area (Å²) in [6.45, 7) is 2.26. The van der Waals surface area contributed by atoms with E-state index in [-0.39, 0.29) is 5.56 Å². The fraction of sp³-hybridized carbons (Fsp3) is 0.143. The maximum Gasteiger partial charge on any atom is 0.337 e. The van der Waals surface area contributed by atoms with E-state index in [1.54, 1.807) is 12.4 Å². The van der Waals surface area contributed by atoms with E-state index in [9.17, 15) is 9.59 Å². The molecule has 0 saturated carbocycles. The van der Waals surface area contributed by atoms with E-state index in [0.29, 0.717) is 12.2 Å². The van der Waals surface area contributed by atoms with Gasteiger partial charge in [0.1, 0.15) is 0 Å². The Labute approximate surface area is 121 Å². The summed E-state index contributed by atoms with van der Waals surface area (Å²) in [5.74, 6) is -1.10. The summed E-state index contributed by atoms with van der Waals surface area (Å²) in [6, 6.07) is 2.75. The van der Waals surface area contributed by atoms with Crippen molar-refractivity contribution in [1.82, 2.24) is 15.3 Å². The summed E-state index contributed by atoms with van der Waals surface area (Å²) in [5.41, 5.74) is 2.26. The van der Waals surface area contributed by atoms with E-state index in [1.165, 1.54) is 18.5 Å². The number of aromatic nitrogens is 2. The van der Waals surface area contributed by atoms with Crippen LogP contribution in [0.2, 0.25) is 0 Å². The normalized spacial score (nSPS) is 9.95. The summed E-state index contributed by atoms with van der Waals surface area (Å²) in [5, 5.41) is 14.1. The van der Waals surface area contributed by atoms with Crippen LogP contribution in [-0.2, 0) is 6.54 Å². The quantitative estimate of drug-likeness (QED) is 0.795. The molecule has 2 rings (SSSR count). The zero-order valence-corrected chi connectivity index (χ0v) is 11.3. The number of aryl methyl sites for hydroxylation is 1. The zero-order valence-electron chi connectivity index (χ0n) is 11.3. The van der Waals surface area contributed by atoms with Gasteiger partial charge in [-0.25, -0.2) is 9.59 Å². The van der Waals surface area contributed by atoms with Crippen LogP contribution in [0.3, 0.4) is 0 Å². The Morgan fingerprint density at radius 1 is 1.24 bits per heavy atom. The number of nitrogens with one attached hydrogen (secondary N) is 2. The van der Waals surface area contributed by atoms with Crippen molar-refractivity contribution in [3.8, 4) is 0 Å². The van der Waals surface area contributed by atoms with Gasteiger partial charge in [0.25, 0.3) is 0 Å². The third kappa shape index (κ3) is 4.00. The lowest BCUT2D eigenvalue weighted by molar-refractivity contribution is 0.0696. The molecule has 21 heavy (non-hydrogen) atoms. The van der Waals surface area contributed by atoms with Crippen molar-refractivity contribution in [1.29, 1.82) is 0 Å². The lowest BCUT2D eigenvalue weighted by atomic mass is 10.2. The molecule has 2 heterocycles. The van der Waals surface area contributed by atoms with Crippen LogP contribution in [0.15, 0.2) is 36.9 Å². The number of carbonyl (C=O) groups excluding carboxylic acids is 1. The highest BCUT2D eigenvalue weighted by Gasteiger charge is 2.07. The van der Waals surface area contributed by atoms with Crippen molar-refractivity contribution in [2.24, 2.45) is 0 Å². The van der Waals surface area contributed by atoms with E-state index in [1.807, 2.05) is 13.0 Å². The molecule has 7 nitrogen and oxygen atoms in total. The SMILES string of the molecule is Cc1ccncc1CNC(=O)Nc1cncc(C(=O)O)c1. The molecule has 0 saturated heterocycles. The maximum atomic E-state index is 11.8. The topological polar surface area (TPSA) is 104 Å². The molecule has 0 aliphatic rings. The molecule has 0 unspecified atom stereocenters. The van der Waals surface area contributed by atoms with Crippen LogP contribution in [0.25, 0.3) is 0 Å². The van der Waals surface area contributed by atoms with Crippen LogP contribution in [0.5, 0.6) is 0 Å². The average Bonchev–Trinajstić information content (AvgIpc) is 2.46. The minimum absolute atomic E-state index is 0.0101. The second-order valence-corrected chi connectivity index (χ2v) is 4.38. The molecule has 2 aromatic rings. The van der Waals surface area contributed by atoms with Crippen LogP contribution >= 0.6 is 0 Å². The van der Waals surface area contributed by atoms with Crippen molar-refractivity contribution < 1.29 is 14.7 Å². The minimum Gasteiger partial charge on any atom is -0.478 e. The molecule has 0 aliphatic heterocycles. The van der Waals surface area contributed by atoms with Gasteiger partial charge in [0.15, 0.2) is 0 Å². The highest BCUT2D eigenvalue weighted by Crippen LogP contribution is 2.08. The molecule has 0 radical (unpaired) electrons. The van der Waals surface area contributed by atoms with Crippen LogP contribution in [0.4, 0.5) is 10.5 Å². The summed E-state index contributed by atoms with van der Waals surface area (Å²) < 4.78 is 0. The van der Waals surface area contributed by atoms with Crippen LogP contribution < -0.4 is 10.6 Å². The highest BCUT2D eigenvalue weighted by molar-refractivity contribution is 5.92. The first-order valence-electron chi connectivity index (χ1n) is 6.19. The summed E-state index contributed by atoms with van der Waals surface area (Å²) in [4.78, 5) is 30.3. The smallest absolute Gasteiger partial charge is 0.337 e. The highest BCUT2D eigenvalue weighted by atomic mass is 16.4. The molecule has 2 aromatic heterocycles. The second-order valence-electron chi connectivity index (χ2n) is 4.38. The second kappa shape index (κ2) is 6.47. The van der Waals surface area contributed by atoms with Crippen molar-refractivity contribution in [2.45, 2.75) is 13.5 Å². The molecule has 7 heteroatoms. The molecule has 3 N–H and O–H groups in total. The maximum absolute atomic E-state index is 11.8. The van der Waals surface area contributed by atoms with Gasteiger partial charge in [0.2, 0.25) is 0 Å². The number of aromatic carboxylic acids is 1. The molecule has 0 fully saturated rings. The number of nitrogens with zero attached hydrogens (tertiary/aromatic N) is 2. The lowest BCUT2D eigenvalue weighted by Crippen LogP contribution is -2.28. The third-order valence-electron chi connectivity index (χ3n) is 2.83. The monoisotopic (exact) mass is 286 g/mol. The van der Waals surface area contributed by atoms with Gasteiger partial charge in [-0.1, -0.05) is 0 Å². The van der Waals surface area contributed by atoms with Crippen molar-refractivity contribution in [2.75, 3.05) is 5.32 Å². The van der Waals surface area contributed by atoms with Crippen molar-refractivity contribution in [3.05, 3.63) is 53.6 Å². The Hall–Kier alpha value is -2.96. The number of urea groups is 1. The molecule has 0 atom stereocenters. The van der Waals surface area contributed by atoms with Gasteiger partial charge in [-0.2, -0.15) is 0 Å². The van der Waals surface area contributed by atoms with Crippen LogP contribution in [0.1, 0.15) is 21.5 Å². The van der Waals surface area contributed by atoms with E-state index < -0.39 is 12.0 Å². The van der Waals surface area contributed by atoms with E-state index in [2.05, 4.69) is 20.6 Å². The predicted octanol–water partition coefficient (Wildman–Crippen LogP) is 1.80. The number of carboxylic acids is 1. The van der Waals surface area contributed by atoms with Gasteiger partial charge in [0, 0.05) is 25.1 Å². The largest absolute Gasteiger partial charge is 0.478 e.